The number of rotatable bonds is 4. The summed E-state index contributed by atoms with van der Waals surface area (Å²) >= 11 is 0. The molecule has 3 heteroatoms. The van der Waals surface area contributed by atoms with Crippen LogP contribution in [-0.2, 0) is 11.2 Å². The first kappa shape index (κ1) is 14.9. The summed E-state index contributed by atoms with van der Waals surface area (Å²) in [5.41, 5.74) is 7.00. The number of ether oxygens (including phenoxy) is 2. The third kappa shape index (κ3) is 3.78. The molecule has 2 N–H and O–H groups in total. The Morgan fingerprint density at radius 3 is 2.90 bits per heavy atom. The highest BCUT2D eigenvalue weighted by Crippen LogP contribution is 2.39. The van der Waals surface area contributed by atoms with E-state index in [0.29, 0.717) is 12.6 Å². The molecule has 1 aliphatic heterocycles. The van der Waals surface area contributed by atoms with Crippen molar-refractivity contribution in [3.8, 4) is 5.75 Å². The highest BCUT2D eigenvalue weighted by Gasteiger charge is 2.39. The zero-order valence-electron chi connectivity index (χ0n) is 12.9. The van der Waals surface area contributed by atoms with E-state index < -0.39 is 0 Å². The molecule has 1 spiro atoms. The van der Waals surface area contributed by atoms with Crippen LogP contribution in [0.2, 0.25) is 0 Å². The second-order valence-electron chi connectivity index (χ2n) is 6.51. The van der Waals surface area contributed by atoms with E-state index in [-0.39, 0.29) is 5.60 Å². The first-order valence-electron chi connectivity index (χ1n) is 8.39. The Morgan fingerprint density at radius 1 is 1.24 bits per heavy atom. The summed E-state index contributed by atoms with van der Waals surface area (Å²) in [6.07, 6.45) is 9.64. The molecule has 2 aliphatic rings. The minimum atomic E-state index is 0.107. The molecule has 0 amide bonds. The van der Waals surface area contributed by atoms with Crippen LogP contribution in [-0.4, -0.2) is 24.9 Å². The molecule has 2 fully saturated rings. The third-order valence-electron chi connectivity index (χ3n) is 4.85. The molecule has 3 rings (SSSR count). The normalized spacial score (nSPS) is 24.9. The summed E-state index contributed by atoms with van der Waals surface area (Å²) in [5.74, 6) is 0.985. The number of hydrogen-bond donors (Lipinski definition) is 1. The molecule has 1 saturated heterocycles. The van der Waals surface area contributed by atoms with E-state index in [1.54, 1.807) is 0 Å². The Morgan fingerprint density at radius 2 is 2.10 bits per heavy atom. The fraction of sp³-hybridized carbons (Fsp3) is 0.667. The molecule has 0 aromatic heterocycles. The first-order chi connectivity index (χ1) is 10.3. The van der Waals surface area contributed by atoms with Crippen molar-refractivity contribution in [1.82, 2.24) is 0 Å². The SMILES string of the molecule is NCCc1cccc(OC2CCOC3(CCCCC3)C2)c1. The first-order valence-corrected chi connectivity index (χ1v) is 8.39. The number of nitrogens with two attached hydrogens (primary N) is 1. The van der Waals surface area contributed by atoms with Gasteiger partial charge in [0.2, 0.25) is 0 Å². The van der Waals surface area contributed by atoms with Gasteiger partial charge >= 0.3 is 0 Å². The van der Waals surface area contributed by atoms with E-state index >= 15 is 0 Å². The summed E-state index contributed by atoms with van der Waals surface area (Å²) in [6.45, 7) is 1.52. The summed E-state index contributed by atoms with van der Waals surface area (Å²) in [7, 11) is 0. The largest absolute Gasteiger partial charge is 0.490 e. The van der Waals surface area contributed by atoms with Gasteiger partial charge in [0.25, 0.3) is 0 Å². The quantitative estimate of drug-likeness (QED) is 0.923. The standard InChI is InChI=1S/C18H27NO2/c19-11-7-15-5-4-6-16(13-15)21-17-8-12-20-18(14-17)9-2-1-3-10-18/h4-6,13,17H,1-3,7-12,14,19H2. The van der Waals surface area contributed by atoms with Crippen molar-refractivity contribution in [2.24, 2.45) is 5.73 Å². The highest BCUT2D eigenvalue weighted by molar-refractivity contribution is 5.29. The van der Waals surface area contributed by atoms with Gasteiger partial charge in [0.1, 0.15) is 11.9 Å². The van der Waals surface area contributed by atoms with Crippen LogP contribution in [0.1, 0.15) is 50.5 Å². The van der Waals surface area contributed by atoms with Gasteiger partial charge in [0, 0.05) is 12.8 Å². The molecule has 0 radical (unpaired) electrons. The lowest BCUT2D eigenvalue weighted by atomic mass is 9.79. The van der Waals surface area contributed by atoms with Crippen molar-refractivity contribution < 1.29 is 9.47 Å². The molecule has 1 unspecified atom stereocenters. The minimum Gasteiger partial charge on any atom is -0.490 e. The molecular formula is C18H27NO2. The molecule has 1 aromatic carbocycles. The molecule has 1 aliphatic carbocycles. The van der Waals surface area contributed by atoms with Crippen LogP contribution in [0.4, 0.5) is 0 Å². The summed E-state index contributed by atoms with van der Waals surface area (Å²) < 4.78 is 12.4. The van der Waals surface area contributed by atoms with Crippen LogP contribution in [0.15, 0.2) is 24.3 Å². The van der Waals surface area contributed by atoms with Crippen molar-refractivity contribution in [2.45, 2.75) is 63.1 Å². The fourth-order valence-electron chi connectivity index (χ4n) is 3.76. The molecule has 1 aromatic rings. The lowest BCUT2D eigenvalue weighted by Gasteiger charge is -2.43. The van der Waals surface area contributed by atoms with Crippen molar-refractivity contribution in [3.63, 3.8) is 0 Å². The van der Waals surface area contributed by atoms with Gasteiger partial charge in [-0.2, -0.15) is 0 Å². The molecular weight excluding hydrogens is 262 g/mol. The maximum Gasteiger partial charge on any atom is 0.119 e. The van der Waals surface area contributed by atoms with E-state index in [9.17, 15) is 0 Å². The Bertz CT molecular complexity index is 449. The molecule has 1 heterocycles. The van der Waals surface area contributed by atoms with Gasteiger partial charge in [-0.15, -0.1) is 0 Å². The van der Waals surface area contributed by atoms with Gasteiger partial charge in [0.05, 0.1) is 12.2 Å². The van der Waals surface area contributed by atoms with E-state index in [4.69, 9.17) is 15.2 Å². The van der Waals surface area contributed by atoms with E-state index in [1.165, 1.54) is 37.7 Å². The van der Waals surface area contributed by atoms with Crippen LogP contribution in [0.3, 0.4) is 0 Å². The summed E-state index contributed by atoms with van der Waals surface area (Å²) in [4.78, 5) is 0. The van der Waals surface area contributed by atoms with Gasteiger partial charge in [-0.25, -0.2) is 0 Å². The third-order valence-corrected chi connectivity index (χ3v) is 4.85. The highest BCUT2D eigenvalue weighted by atomic mass is 16.5. The van der Waals surface area contributed by atoms with Gasteiger partial charge in [-0.3, -0.25) is 0 Å². The minimum absolute atomic E-state index is 0.107. The van der Waals surface area contributed by atoms with Crippen LogP contribution in [0.25, 0.3) is 0 Å². The molecule has 3 nitrogen and oxygen atoms in total. The lowest BCUT2D eigenvalue weighted by molar-refractivity contribution is -0.129. The second-order valence-corrected chi connectivity index (χ2v) is 6.51. The van der Waals surface area contributed by atoms with Gasteiger partial charge in [-0.05, 0) is 43.5 Å². The second kappa shape index (κ2) is 6.80. The fourth-order valence-corrected chi connectivity index (χ4v) is 3.76. The Kier molecular flexibility index (Phi) is 4.81. The number of hydrogen-bond acceptors (Lipinski definition) is 3. The smallest absolute Gasteiger partial charge is 0.119 e. The maximum absolute atomic E-state index is 6.25. The monoisotopic (exact) mass is 289 g/mol. The van der Waals surface area contributed by atoms with E-state index in [2.05, 4.69) is 24.3 Å². The summed E-state index contributed by atoms with van der Waals surface area (Å²) in [5, 5.41) is 0. The lowest BCUT2D eigenvalue weighted by Crippen LogP contribution is -2.45. The zero-order valence-corrected chi connectivity index (χ0v) is 12.9. The maximum atomic E-state index is 6.25. The average molecular weight is 289 g/mol. The van der Waals surface area contributed by atoms with E-state index in [0.717, 1.165) is 31.6 Å². The van der Waals surface area contributed by atoms with Crippen LogP contribution < -0.4 is 10.5 Å². The van der Waals surface area contributed by atoms with Gasteiger partial charge < -0.3 is 15.2 Å². The van der Waals surface area contributed by atoms with Crippen molar-refractivity contribution in [2.75, 3.05) is 13.2 Å². The van der Waals surface area contributed by atoms with Crippen LogP contribution in [0, 0.1) is 0 Å². The van der Waals surface area contributed by atoms with Crippen molar-refractivity contribution >= 4 is 0 Å². The van der Waals surface area contributed by atoms with Crippen molar-refractivity contribution in [3.05, 3.63) is 29.8 Å². The average Bonchev–Trinajstić information content (AvgIpc) is 2.49. The Labute approximate surface area is 127 Å². The molecule has 21 heavy (non-hydrogen) atoms. The van der Waals surface area contributed by atoms with Crippen LogP contribution >= 0.6 is 0 Å². The van der Waals surface area contributed by atoms with Gasteiger partial charge in [0.15, 0.2) is 0 Å². The van der Waals surface area contributed by atoms with Crippen LogP contribution in [0.5, 0.6) is 5.75 Å². The van der Waals surface area contributed by atoms with Gasteiger partial charge in [-0.1, -0.05) is 31.4 Å². The van der Waals surface area contributed by atoms with E-state index in [1.807, 2.05) is 0 Å². The molecule has 1 saturated carbocycles. The zero-order chi connectivity index (χ0) is 14.5. The Hall–Kier alpha value is -1.06. The predicted octanol–water partition coefficient (Wildman–Crippen LogP) is 3.45. The summed E-state index contributed by atoms with van der Waals surface area (Å²) in [6, 6.07) is 8.38. The Balaban J connectivity index is 1.63. The molecule has 0 bridgehead atoms. The topological polar surface area (TPSA) is 44.5 Å². The molecule has 116 valence electrons. The molecule has 1 atom stereocenters. The predicted molar refractivity (Wildman–Crippen MR) is 84.6 cm³/mol. The number of benzene rings is 1. The van der Waals surface area contributed by atoms with Crippen molar-refractivity contribution in [1.29, 1.82) is 0 Å².